The van der Waals surface area contributed by atoms with Crippen LogP contribution in [-0.2, 0) is 22.6 Å². The minimum atomic E-state index is -0.642. The highest BCUT2D eigenvalue weighted by Crippen LogP contribution is 2.33. The van der Waals surface area contributed by atoms with Crippen LogP contribution >= 0.6 is 0 Å². The zero-order valence-electron chi connectivity index (χ0n) is 24.1. The van der Waals surface area contributed by atoms with Crippen LogP contribution in [0.25, 0.3) is 0 Å². The van der Waals surface area contributed by atoms with Crippen molar-refractivity contribution < 1.29 is 42.5 Å². The molecule has 11 nitrogen and oxygen atoms in total. The number of carbonyl (C=O) groups is 3. The Hall–Kier alpha value is -5.00. The number of amides is 3. The smallest absolute Gasteiger partial charge is 0.258 e. The number of rotatable bonds is 2. The zero-order valence-corrected chi connectivity index (χ0v) is 24.1. The maximum atomic E-state index is 14.6. The highest BCUT2D eigenvalue weighted by atomic mass is 19.1. The molecule has 230 valence electrons. The standard InChI is InChI=1S/C32H32FN3O8/c1-40-26-5-2-19-3-7-30(37)34-15-20-10-22(33)14-23(11-20)44-25-8-9-36(16-24(25)35-31(38)17-41-28(26)12-19)32(39)21-4-6-27-29(13-21)43-18-42-27/h2,4-6,10-14,24-25H,3,7-9,15-18H2,1H3,(H,34,37)(H,35,38)/t24-,25-/m1/s1. The van der Waals surface area contributed by atoms with Crippen LogP contribution in [0.1, 0.15) is 34.3 Å². The fourth-order valence-corrected chi connectivity index (χ4v) is 5.50. The van der Waals surface area contributed by atoms with Crippen molar-refractivity contribution in [2.24, 2.45) is 0 Å². The van der Waals surface area contributed by atoms with E-state index in [2.05, 4.69) is 10.6 Å². The van der Waals surface area contributed by atoms with Crippen molar-refractivity contribution in [3.05, 3.63) is 77.1 Å². The van der Waals surface area contributed by atoms with Crippen molar-refractivity contribution in [1.82, 2.24) is 15.5 Å². The van der Waals surface area contributed by atoms with Crippen molar-refractivity contribution in [2.75, 3.05) is 33.6 Å². The number of piperidine rings is 1. The Labute approximate surface area is 253 Å². The molecule has 2 atom stereocenters. The second-order valence-electron chi connectivity index (χ2n) is 10.8. The van der Waals surface area contributed by atoms with Crippen LogP contribution in [0.2, 0.25) is 0 Å². The van der Waals surface area contributed by atoms with Gasteiger partial charge in [0.15, 0.2) is 29.6 Å². The lowest BCUT2D eigenvalue weighted by molar-refractivity contribution is -0.125. The van der Waals surface area contributed by atoms with Gasteiger partial charge in [-0.2, -0.15) is 0 Å². The molecule has 0 unspecified atom stereocenters. The number of hydrogen-bond donors (Lipinski definition) is 2. The van der Waals surface area contributed by atoms with Gasteiger partial charge >= 0.3 is 0 Å². The lowest BCUT2D eigenvalue weighted by atomic mass is 10.00. The van der Waals surface area contributed by atoms with Crippen LogP contribution in [0.4, 0.5) is 4.39 Å². The Balaban J connectivity index is 1.26. The fraction of sp³-hybridized carbons (Fsp3) is 0.344. The minimum absolute atomic E-state index is 0.0935. The van der Waals surface area contributed by atoms with Gasteiger partial charge in [0.25, 0.3) is 11.8 Å². The molecule has 0 radical (unpaired) electrons. The summed E-state index contributed by atoms with van der Waals surface area (Å²) in [6.45, 7) is 0.357. The van der Waals surface area contributed by atoms with E-state index in [0.717, 1.165) is 5.56 Å². The number of carbonyl (C=O) groups excluding carboxylic acids is 3. The molecular formula is C32H32FN3O8. The van der Waals surface area contributed by atoms with Gasteiger partial charge in [-0.25, -0.2) is 4.39 Å². The summed E-state index contributed by atoms with van der Waals surface area (Å²) in [5, 5.41) is 5.79. The quantitative estimate of drug-likeness (QED) is 0.457. The molecule has 4 bridgehead atoms. The first kappa shape index (κ1) is 29.1. The molecule has 2 N–H and O–H groups in total. The van der Waals surface area contributed by atoms with Gasteiger partial charge in [0.05, 0.1) is 13.2 Å². The molecule has 3 aromatic carbocycles. The van der Waals surface area contributed by atoms with Crippen LogP contribution in [0, 0.1) is 5.82 Å². The molecule has 3 aliphatic rings. The molecule has 1 fully saturated rings. The largest absolute Gasteiger partial charge is 0.493 e. The molecule has 1 saturated heterocycles. The average Bonchev–Trinajstić information content (AvgIpc) is 3.50. The highest BCUT2D eigenvalue weighted by molar-refractivity contribution is 5.95. The Kier molecular flexibility index (Phi) is 8.40. The van der Waals surface area contributed by atoms with E-state index in [4.69, 9.17) is 23.7 Å². The van der Waals surface area contributed by atoms with E-state index in [1.807, 2.05) is 6.07 Å². The number of fused-ring (bicyclic) bond motifs is 6. The maximum absolute atomic E-state index is 14.6. The third-order valence-electron chi connectivity index (χ3n) is 7.74. The molecule has 0 spiro atoms. The number of benzene rings is 3. The summed E-state index contributed by atoms with van der Waals surface area (Å²) in [5.74, 6) is 0.737. The SMILES string of the molecule is COc1ccc2cc1OCC(=O)N[C@@H]1CN(C(=O)c3ccc4c(c3)OCO4)CC[C@H]1Oc1cc(F)cc(c1)CNC(=O)CC2. The predicted octanol–water partition coefficient (Wildman–Crippen LogP) is 2.98. The molecule has 0 aliphatic carbocycles. The zero-order chi connectivity index (χ0) is 30.6. The van der Waals surface area contributed by atoms with E-state index in [9.17, 15) is 18.8 Å². The number of methoxy groups -OCH3 is 1. The van der Waals surface area contributed by atoms with E-state index < -0.39 is 23.9 Å². The van der Waals surface area contributed by atoms with Crippen LogP contribution in [0.5, 0.6) is 28.7 Å². The molecule has 0 saturated carbocycles. The van der Waals surface area contributed by atoms with Crippen molar-refractivity contribution in [3.63, 3.8) is 0 Å². The van der Waals surface area contributed by atoms with Crippen molar-refractivity contribution in [1.29, 1.82) is 0 Å². The summed E-state index contributed by atoms with van der Waals surface area (Å²) in [5.41, 5.74) is 1.78. The first-order valence-corrected chi connectivity index (χ1v) is 14.4. The molecule has 3 aliphatic heterocycles. The molecule has 3 amide bonds. The van der Waals surface area contributed by atoms with Crippen molar-refractivity contribution >= 4 is 17.7 Å². The Morgan fingerprint density at radius 1 is 0.932 bits per heavy atom. The van der Waals surface area contributed by atoms with Gasteiger partial charge < -0.3 is 39.2 Å². The van der Waals surface area contributed by atoms with Gasteiger partial charge in [-0.15, -0.1) is 0 Å². The molecule has 3 heterocycles. The van der Waals surface area contributed by atoms with Crippen molar-refractivity contribution in [2.45, 2.75) is 38.0 Å². The van der Waals surface area contributed by atoms with E-state index >= 15 is 0 Å². The molecule has 12 heteroatoms. The molecule has 0 aromatic heterocycles. The van der Waals surface area contributed by atoms with E-state index in [0.29, 0.717) is 53.5 Å². The lowest BCUT2D eigenvalue weighted by Gasteiger charge is -2.39. The summed E-state index contributed by atoms with van der Waals surface area (Å²) >= 11 is 0. The third-order valence-corrected chi connectivity index (χ3v) is 7.74. The topological polar surface area (TPSA) is 125 Å². The van der Waals surface area contributed by atoms with Crippen LogP contribution in [0.3, 0.4) is 0 Å². The number of ether oxygens (including phenoxy) is 5. The minimum Gasteiger partial charge on any atom is -0.493 e. The average molecular weight is 606 g/mol. The number of nitrogens with one attached hydrogen (secondary N) is 2. The third kappa shape index (κ3) is 6.64. The Bertz CT molecular complexity index is 1580. The fourth-order valence-electron chi connectivity index (χ4n) is 5.50. The molecule has 3 aromatic rings. The summed E-state index contributed by atoms with van der Waals surface area (Å²) in [4.78, 5) is 40.9. The first-order chi connectivity index (χ1) is 21.3. The van der Waals surface area contributed by atoms with Gasteiger partial charge in [0, 0.05) is 44.1 Å². The number of halogens is 1. The van der Waals surface area contributed by atoms with Crippen molar-refractivity contribution in [3.8, 4) is 28.7 Å². The monoisotopic (exact) mass is 605 g/mol. The summed E-state index contributed by atoms with van der Waals surface area (Å²) in [6, 6.07) is 13.9. The number of likely N-dealkylation sites (tertiary alicyclic amines) is 1. The number of hydrogen-bond acceptors (Lipinski definition) is 8. The normalized spacial score (nSPS) is 20.1. The van der Waals surface area contributed by atoms with Gasteiger partial charge in [-0.3, -0.25) is 14.4 Å². The van der Waals surface area contributed by atoms with Gasteiger partial charge in [-0.1, -0.05) is 6.07 Å². The summed E-state index contributed by atoms with van der Waals surface area (Å²) < 4.78 is 42.8. The lowest BCUT2D eigenvalue weighted by Crippen LogP contribution is -2.58. The van der Waals surface area contributed by atoms with Gasteiger partial charge in [-0.05, 0) is 60.0 Å². The van der Waals surface area contributed by atoms with E-state index in [1.54, 1.807) is 41.3 Å². The van der Waals surface area contributed by atoms with Gasteiger partial charge in [0.1, 0.15) is 17.7 Å². The van der Waals surface area contributed by atoms with E-state index in [-0.39, 0.29) is 50.5 Å². The Morgan fingerprint density at radius 2 is 1.80 bits per heavy atom. The van der Waals surface area contributed by atoms with Crippen LogP contribution in [0.15, 0.2) is 54.6 Å². The summed E-state index contributed by atoms with van der Waals surface area (Å²) in [7, 11) is 1.50. The molecular weight excluding hydrogens is 573 g/mol. The maximum Gasteiger partial charge on any atom is 0.258 e. The molecule has 6 rings (SSSR count). The predicted molar refractivity (Wildman–Crippen MR) is 154 cm³/mol. The number of aryl methyl sites for hydroxylation is 1. The second kappa shape index (κ2) is 12.7. The van der Waals surface area contributed by atoms with E-state index in [1.165, 1.54) is 19.2 Å². The Morgan fingerprint density at radius 3 is 2.66 bits per heavy atom. The van der Waals surface area contributed by atoms with Crippen LogP contribution < -0.4 is 34.3 Å². The first-order valence-electron chi connectivity index (χ1n) is 14.4. The van der Waals surface area contributed by atoms with Gasteiger partial charge in [0.2, 0.25) is 12.7 Å². The number of nitrogens with zero attached hydrogens (tertiary/aromatic N) is 1. The van der Waals surface area contributed by atoms with Crippen LogP contribution in [-0.4, -0.2) is 68.4 Å². The second-order valence-corrected chi connectivity index (χ2v) is 10.8. The molecule has 44 heavy (non-hydrogen) atoms. The summed E-state index contributed by atoms with van der Waals surface area (Å²) in [6.07, 6.45) is 0.407. The highest BCUT2D eigenvalue weighted by Gasteiger charge is 2.35.